The summed E-state index contributed by atoms with van der Waals surface area (Å²) in [6, 6.07) is 12.7. The van der Waals surface area contributed by atoms with Crippen LogP contribution in [0.25, 0.3) is 0 Å². The number of fused-ring (bicyclic) bond motifs is 1. The van der Waals surface area contributed by atoms with E-state index in [2.05, 4.69) is 28.4 Å². The molecule has 1 unspecified atom stereocenters. The minimum Gasteiger partial charge on any atom is -0.505 e. The molecule has 1 fully saturated rings. The number of hydrogen-bond donors (Lipinski definition) is 2. The smallest absolute Gasteiger partial charge is 0.222 e. The van der Waals surface area contributed by atoms with E-state index >= 15 is 0 Å². The van der Waals surface area contributed by atoms with Crippen molar-refractivity contribution in [1.29, 1.82) is 0 Å². The number of anilines is 1. The van der Waals surface area contributed by atoms with E-state index < -0.39 is 5.82 Å². The number of carbonyl (C=O) groups is 1. The fourth-order valence-electron chi connectivity index (χ4n) is 4.40. The Kier molecular flexibility index (Phi) is 8.33. The third-order valence-corrected chi connectivity index (χ3v) is 6.00. The second kappa shape index (κ2) is 11.0. The van der Waals surface area contributed by atoms with E-state index in [0.29, 0.717) is 31.0 Å². The van der Waals surface area contributed by atoms with Crippen molar-refractivity contribution in [1.82, 2.24) is 10.2 Å². The Morgan fingerprint density at radius 2 is 2.09 bits per heavy atom. The summed E-state index contributed by atoms with van der Waals surface area (Å²) < 4.78 is 13.7. The summed E-state index contributed by atoms with van der Waals surface area (Å²) in [7, 11) is 0. The van der Waals surface area contributed by atoms with Crippen LogP contribution in [0.3, 0.4) is 0 Å². The van der Waals surface area contributed by atoms with Gasteiger partial charge in [-0.3, -0.25) is 4.79 Å². The van der Waals surface area contributed by atoms with Crippen molar-refractivity contribution in [2.45, 2.75) is 38.6 Å². The number of phenols is 1. The number of guanidine groups is 1. The zero-order chi connectivity index (χ0) is 21.8. The van der Waals surface area contributed by atoms with E-state index in [4.69, 9.17) is 4.99 Å². The number of nitrogens with one attached hydrogen (secondary N) is 1. The molecule has 6 nitrogen and oxygen atoms in total. The molecule has 8 heteroatoms. The number of amides is 1. The maximum atomic E-state index is 13.7. The lowest BCUT2D eigenvalue weighted by Crippen LogP contribution is -2.41. The summed E-state index contributed by atoms with van der Waals surface area (Å²) in [5.41, 5.74) is 3.09. The van der Waals surface area contributed by atoms with Gasteiger partial charge in [0.2, 0.25) is 5.91 Å². The van der Waals surface area contributed by atoms with Gasteiger partial charge in [0.05, 0.1) is 6.54 Å². The highest BCUT2D eigenvalue weighted by atomic mass is 127. The Hall–Kier alpha value is -2.36. The van der Waals surface area contributed by atoms with Crippen molar-refractivity contribution in [3.05, 3.63) is 59.4 Å². The zero-order valence-corrected chi connectivity index (χ0v) is 20.6. The molecule has 0 saturated carbocycles. The lowest BCUT2D eigenvalue weighted by molar-refractivity contribution is -0.127. The zero-order valence-electron chi connectivity index (χ0n) is 18.3. The number of likely N-dealkylation sites (tertiary alicyclic amines) is 1. The summed E-state index contributed by atoms with van der Waals surface area (Å²) >= 11 is 0. The largest absolute Gasteiger partial charge is 0.505 e. The number of hydrogen-bond acceptors (Lipinski definition) is 3. The van der Waals surface area contributed by atoms with E-state index in [0.717, 1.165) is 44.1 Å². The number of halogens is 2. The SMILES string of the molecule is CCNC(=NCc1ccc(O)c(F)c1)N1CC(CCN2CCCC2=O)c2ccccc21.I. The van der Waals surface area contributed by atoms with Crippen LogP contribution in [0.2, 0.25) is 0 Å². The van der Waals surface area contributed by atoms with Crippen LogP contribution in [0.5, 0.6) is 5.75 Å². The van der Waals surface area contributed by atoms with Crippen LogP contribution in [-0.2, 0) is 11.3 Å². The summed E-state index contributed by atoms with van der Waals surface area (Å²) in [6.45, 7) is 5.49. The standard InChI is InChI=1S/C24H29FN4O2.HI/c1-2-26-24(27-15-17-9-10-22(30)20(25)14-17)29-16-18(19-6-3-4-7-21(19)29)11-13-28-12-5-8-23(28)31;/h3-4,6-7,9-10,14,18,30H,2,5,8,11-13,15-16H2,1H3,(H,26,27);1H. The van der Waals surface area contributed by atoms with Gasteiger partial charge in [0.1, 0.15) is 0 Å². The van der Waals surface area contributed by atoms with Gasteiger partial charge in [-0.2, -0.15) is 0 Å². The summed E-state index contributed by atoms with van der Waals surface area (Å²) in [5.74, 6) is 0.343. The fourth-order valence-corrected chi connectivity index (χ4v) is 4.40. The summed E-state index contributed by atoms with van der Waals surface area (Å²) in [4.78, 5) is 20.9. The number of aromatic hydroxyl groups is 1. The molecule has 4 rings (SSSR count). The number of benzene rings is 2. The first-order valence-corrected chi connectivity index (χ1v) is 11.0. The summed E-state index contributed by atoms with van der Waals surface area (Å²) in [5, 5.41) is 12.8. The molecule has 2 N–H and O–H groups in total. The van der Waals surface area contributed by atoms with Crippen molar-refractivity contribution >= 4 is 41.5 Å². The Morgan fingerprint density at radius 1 is 1.28 bits per heavy atom. The Bertz CT molecular complexity index is 984. The second-order valence-corrected chi connectivity index (χ2v) is 8.10. The maximum Gasteiger partial charge on any atom is 0.222 e. The average molecular weight is 552 g/mol. The molecular formula is C24H30FIN4O2. The van der Waals surface area contributed by atoms with Crippen LogP contribution in [0.4, 0.5) is 10.1 Å². The van der Waals surface area contributed by atoms with Crippen molar-refractivity contribution in [3.8, 4) is 5.75 Å². The molecule has 1 saturated heterocycles. The van der Waals surface area contributed by atoms with Crippen LogP contribution in [0.15, 0.2) is 47.5 Å². The number of aliphatic imine (C=N–C) groups is 1. The monoisotopic (exact) mass is 552 g/mol. The number of phenolic OH excluding ortho intramolecular Hbond substituents is 1. The number of rotatable bonds is 6. The van der Waals surface area contributed by atoms with Gasteiger partial charge in [-0.1, -0.05) is 24.3 Å². The third kappa shape index (κ3) is 5.33. The van der Waals surface area contributed by atoms with E-state index in [1.165, 1.54) is 17.7 Å². The minimum atomic E-state index is -0.638. The first kappa shape index (κ1) is 24.3. The molecule has 0 spiro atoms. The minimum absolute atomic E-state index is 0. The van der Waals surface area contributed by atoms with Gasteiger partial charge in [0, 0.05) is 44.2 Å². The number of carbonyl (C=O) groups excluding carboxylic acids is 1. The van der Waals surface area contributed by atoms with Gasteiger partial charge >= 0.3 is 0 Å². The third-order valence-electron chi connectivity index (χ3n) is 6.00. The average Bonchev–Trinajstić information content (AvgIpc) is 3.35. The molecule has 32 heavy (non-hydrogen) atoms. The van der Waals surface area contributed by atoms with Crippen molar-refractivity contribution < 1.29 is 14.3 Å². The fraction of sp³-hybridized carbons (Fsp3) is 0.417. The van der Waals surface area contributed by atoms with Crippen LogP contribution < -0.4 is 10.2 Å². The number of para-hydroxylation sites is 1. The normalized spacial score (nSPS) is 18.0. The van der Waals surface area contributed by atoms with Gasteiger partial charge in [-0.15, -0.1) is 24.0 Å². The molecule has 2 aromatic carbocycles. The molecule has 172 valence electrons. The molecule has 2 heterocycles. The lowest BCUT2D eigenvalue weighted by Gasteiger charge is -2.23. The van der Waals surface area contributed by atoms with Crippen LogP contribution in [-0.4, -0.2) is 48.1 Å². The molecule has 1 amide bonds. The quantitative estimate of drug-likeness (QED) is 0.320. The Labute approximate surface area is 205 Å². The van der Waals surface area contributed by atoms with Gasteiger partial charge < -0.3 is 20.2 Å². The van der Waals surface area contributed by atoms with Crippen LogP contribution >= 0.6 is 24.0 Å². The molecule has 0 radical (unpaired) electrons. The van der Waals surface area contributed by atoms with Crippen molar-refractivity contribution in [2.24, 2.45) is 4.99 Å². The Morgan fingerprint density at radius 3 is 2.81 bits per heavy atom. The molecule has 0 bridgehead atoms. The van der Waals surface area contributed by atoms with Crippen LogP contribution in [0.1, 0.15) is 43.2 Å². The van der Waals surface area contributed by atoms with E-state index in [1.54, 1.807) is 6.07 Å². The Balaban J connectivity index is 0.00000289. The topological polar surface area (TPSA) is 68.2 Å². The first-order chi connectivity index (χ1) is 15.1. The van der Waals surface area contributed by atoms with Gasteiger partial charge in [-0.25, -0.2) is 9.38 Å². The summed E-state index contributed by atoms with van der Waals surface area (Å²) in [6.07, 6.45) is 2.55. The van der Waals surface area contributed by atoms with Crippen molar-refractivity contribution in [2.75, 3.05) is 31.1 Å². The lowest BCUT2D eigenvalue weighted by atomic mass is 9.98. The highest BCUT2D eigenvalue weighted by Gasteiger charge is 2.32. The highest BCUT2D eigenvalue weighted by Crippen LogP contribution is 2.38. The first-order valence-electron chi connectivity index (χ1n) is 11.0. The predicted octanol–water partition coefficient (Wildman–Crippen LogP) is 4.23. The predicted molar refractivity (Wildman–Crippen MR) is 135 cm³/mol. The molecule has 2 aliphatic heterocycles. The number of nitrogens with zero attached hydrogens (tertiary/aromatic N) is 3. The molecule has 0 aliphatic carbocycles. The van der Waals surface area contributed by atoms with Crippen LogP contribution in [0, 0.1) is 5.82 Å². The molecule has 2 aromatic rings. The molecular weight excluding hydrogens is 522 g/mol. The molecule has 1 atom stereocenters. The van der Waals surface area contributed by atoms with E-state index in [-0.39, 0.29) is 35.6 Å². The molecule has 2 aliphatic rings. The van der Waals surface area contributed by atoms with E-state index in [1.807, 2.05) is 17.9 Å². The van der Waals surface area contributed by atoms with E-state index in [9.17, 15) is 14.3 Å². The van der Waals surface area contributed by atoms with Gasteiger partial charge in [0.15, 0.2) is 17.5 Å². The van der Waals surface area contributed by atoms with Gasteiger partial charge in [-0.05, 0) is 49.1 Å². The van der Waals surface area contributed by atoms with Gasteiger partial charge in [0.25, 0.3) is 0 Å². The maximum absolute atomic E-state index is 13.7. The second-order valence-electron chi connectivity index (χ2n) is 8.10. The van der Waals surface area contributed by atoms with Crippen molar-refractivity contribution in [3.63, 3.8) is 0 Å². The highest BCUT2D eigenvalue weighted by molar-refractivity contribution is 14.0. The molecule has 0 aromatic heterocycles.